The molecule has 0 bridgehead atoms. The molecular formula is C12H26N4O4. The Kier molecular flexibility index (Phi) is 10.1. The van der Waals surface area contributed by atoms with Crippen molar-refractivity contribution in [1.82, 2.24) is 0 Å². The van der Waals surface area contributed by atoms with Gasteiger partial charge in [-0.15, -0.1) is 0 Å². The first-order chi connectivity index (χ1) is 11.0. The number of nitriles is 1. The number of carboxylic acid groups (broad SMARTS) is 2. The smallest absolute Gasteiger partial charge is 0.320 e. The van der Waals surface area contributed by atoms with Gasteiger partial charge >= 0.3 is 11.9 Å². The molecule has 0 amide bonds. The Morgan fingerprint density at radius 3 is 2.00 bits per heavy atom. The van der Waals surface area contributed by atoms with Crippen molar-refractivity contribution in [3.8, 4) is 6.07 Å². The second kappa shape index (κ2) is 13.7. The summed E-state index contributed by atoms with van der Waals surface area (Å²) in [7, 11) is 0. The highest BCUT2D eigenvalue weighted by molar-refractivity contribution is 5.73. The molecule has 0 aromatic rings. The minimum Gasteiger partial charge on any atom is -0.480 e. The van der Waals surface area contributed by atoms with E-state index >= 15 is 0 Å². The van der Waals surface area contributed by atoms with E-state index < -0.39 is 30.5 Å². The van der Waals surface area contributed by atoms with E-state index in [4.69, 9.17) is 38.4 Å². The summed E-state index contributed by atoms with van der Waals surface area (Å²) < 4.78 is 23.9. The van der Waals surface area contributed by atoms with E-state index in [0.717, 1.165) is 0 Å². The van der Waals surface area contributed by atoms with Crippen molar-refractivity contribution in [3.63, 3.8) is 0 Å². The largest absolute Gasteiger partial charge is 0.480 e. The molecule has 118 valence electrons. The van der Waals surface area contributed by atoms with Crippen LogP contribution in [0.2, 0.25) is 0 Å². The maximum atomic E-state index is 10.2. The number of nitrogens with zero attached hydrogens (tertiary/aromatic N) is 1. The van der Waals surface area contributed by atoms with Gasteiger partial charge in [-0.3, -0.25) is 9.59 Å². The summed E-state index contributed by atoms with van der Waals surface area (Å²) in [5.74, 6) is -2.06. The van der Waals surface area contributed by atoms with E-state index in [-0.39, 0.29) is 12.8 Å². The zero-order chi connectivity index (χ0) is 19.8. The summed E-state index contributed by atoms with van der Waals surface area (Å²) in [6.07, 6.45) is 2.09. The summed E-state index contributed by atoms with van der Waals surface area (Å²) in [5, 5.41) is 24.7. The summed E-state index contributed by atoms with van der Waals surface area (Å²) in [6.45, 7) is -1.72. The zero-order valence-corrected chi connectivity index (χ0v) is 11.3. The van der Waals surface area contributed by atoms with E-state index in [2.05, 4.69) is 0 Å². The van der Waals surface area contributed by atoms with Gasteiger partial charge in [0, 0.05) is 12.1 Å². The molecule has 0 aliphatic carbocycles. The number of carboxylic acids is 2. The van der Waals surface area contributed by atoms with Crippen LogP contribution in [0.15, 0.2) is 0 Å². The molecule has 0 aliphatic heterocycles. The van der Waals surface area contributed by atoms with Gasteiger partial charge in [0.15, 0.2) is 0 Å². The highest BCUT2D eigenvalue weighted by Gasteiger charge is 2.09. The second-order valence-electron chi connectivity index (χ2n) is 4.04. The predicted molar refractivity (Wildman–Crippen MR) is 75.7 cm³/mol. The molecule has 20 heavy (non-hydrogen) atoms. The Morgan fingerprint density at radius 1 is 1.20 bits per heavy atom. The first-order valence-corrected chi connectivity index (χ1v) is 6.14. The quantitative estimate of drug-likeness (QED) is 0.365. The number of hydrogen-bond acceptors (Lipinski definition) is 6. The molecule has 8 N–H and O–H groups in total. The van der Waals surface area contributed by atoms with E-state index in [9.17, 15) is 9.59 Å². The highest BCUT2D eigenvalue weighted by atomic mass is 16.4. The third-order valence-corrected chi connectivity index (χ3v) is 2.27. The number of carbonyl (C=O) groups is 2. The van der Waals surface area contributed by atoms with Gasteiger partial charge in [0.05, 0.1) is 6.07 Å². The van der Waals surface area contributed by atoms with E-state index in [1.807, 2.05) is 6.07 Å². The van der Waals surface area contributed by atoms with E-state index in [1.54, 1.807) is 0 Å². The van der Waals surface area contributed by atoms with Crippen LogP contribution < -0.4 is 17.2 Å². The van der Waals surface area contributed by atoms with Gasteiger partial charge in [0.25, 0.3) is 0 Å². The van der Waals surface area contributed by atoms with Crippen LogP contribution in [0, 0.1) is 11.3 Å². The maximum absolute atomic E-state index is 10.2. The van der Waals surface area contributed by atoms with Crippen LogP contribution in [0.3, 0.4) is 0 Å². The Labute approximate surface area is 124 Å². The SMILES string of the molecule is N#CCCC[C@H](N)C(=O)O.[2H]C([2H])(N)CCC[C@H](N)C(=O)O.[2H][2H]. The maximum Gasteiger partial charge on any atom is 0.320 e. The molecule has 2 atom stereocenters. The number of aliphatic carboxylic acids is 2. The summed E-state index contributed by atoms with van der Waals surface area (Å²) in [4.78, 5) is 20.3. The Morgan fingerprint density at radius 2 is 1.65 bits per heavy atom. The minimum atomic E-state index is -1.72. The van der Waals surface area contributed by atoms with Crippen LogP contribution in [0.1, 0.15) is 44.2 Å². The van der Waals surface area contributed by atoms with Gasteiger partial charge in [-0.2, -0.15) is 5.26 Å². The molecule has 0 unspecified atom stereocenters. The van der Waals surface area contributed by atoms with Crippen molar-refractivity contribution in [2.75, 3.05) is 6.50 Å². The van der Waals surface area contributed by atoms with E-state index in [1.165, 1.54) is 0 Å². The molecule has 0 saturated carbocycles. The number of rotatable bonds is 9. The fourth-order valence-electron chi connectivity index (χ4n) is 1.07. The Hall–Kier alpha value is -1.69. The molecule has 0 aromatic heterocycles. The van der Waals surface area contributed by atoms with Gasteiger partial charge < -0.3 is 27.4 Å². The van der Waals surface area contributed by atoms with Crippen LogP contribution in [0.25, 0.3) is 0 Å². The lowest BCUT2D eigenvalue weighted by Crippen LogP contribution is -2.29. The standard InChI is InChI=1S/C6H14N2O2.C6H10N2O2.H2/c2*7-4-2-1-3-5(8)6(9)10;/h5H,1-4,7-8H2,(H,9,10);5H,1-3,8H2,(H,9,10);1H/t2*5-;/m00./s1/i4D2;;1+1D. The molecule has 0 rings (SSSR count). The van der Waals surface area contributed by atoms with Crippen molar-refractivity contribution in [1.29, 1.82) is 5.26 Å². The van der Waals surface area contributed by atoms with Crippen LogP contribution in [0.4, 0.5) is 0 Å². The predicted octanol–water partition coefficient (Wildman–Crippen LogP) is -0.135. The molecule has 0 heterocycles. The number of hydrogen-bond donors (Lipinski definition) is 5. The average Bonchev–Trinajstić information content (AvgIpc) is 2.48. The first kappa shape index (κ1) is 14.7. The molecule has 0 fully saturated rings. The van der Waals surface area contributed by atoms with Gasteiger partial charge in [-0.05, 0) is 32.2 Å². The first-order valence-electron chi connectivity index (χ1n) is 8.14. The minimum absolute atomic E-state index is 0.133. The van der Waals surface area contributed by atoms with Crippen molar-refractivity contribution in [2.45, 2.75) is 50.6 Å². The molecular weight excluding hydrogens is 264 g/mol. The van der Waals surface area contributed by atoms with Gasteiger partial charge in [0.1, 0.15) is 12.1 Å². The summed E-state index contributed by atoms with van der Waals surface area (Å²) >= 11 is 0. The third kappa shape index (κ3) is 14.4. The monoisotopic (exact) mass is 294 g/mol. The van der Waals surface area contributed by atoms with Gasteiger partial charge in [-0.1, -0.05) is 6.42 Å². The van der Waals surface area contributed by atoms with Crippen molar-refractivity contribution < 1.29 is 25.5 Å². The topological polar surface area (TPSA) is 176 Å². The van der Waals surface area contributed by atoms with Crippen molar-refractivity contribution in [3.05, 3.63) is 0 Å². The molecule has 0 saturated heterocycles. The number of nitrogens with two attached hydrogens (primary N) is 3. The average molecular weight is 294 g/mol. The fourth-order valence-corrected chi connectivity index (χ4v) is 1.07. The normalized spacial score (nSPS) is 15.1. The van der Waals surface area contributed by atoms with Crippen molar-refractivity contribution >= 4 is 11.9 Å². The molecule has 0 spiro atoms. The molecule has 8 heteroatoms. The Bertz CT molecular complexity index is 388. The lowest BCUT2D eigenvalue weighted by atomic mass is 10.1. The second-order valence-corrected chi connectivity index (χ2v) is 4.04. The summed E-state index contributed by atoms with van der Waals surface area (Å²) in [6, 6.07) is 0.192. The molecule has 8 nitrogen and oxygen atoms in total. The van der Waals surface area contributed by atoms with Gasteiger partial charge in [-0.25, -0.2) is 0 Å². The van der Waals surface area contributed by atoms with Crippen LogP contribution in [0.5, 0.6) is 0 Å². The fraction of sp³-hybridized carbons (Fsp3) is 0.750. The van der Waals surface area contributed by atoms with Crippen LogP contribution in [-0.4, -0.2) is 40.7 Å². The number of unbranched alkanes of at least 4 members (excludes halogenated alkanes) is 1. The third-order valence-electron chi connectivity index (χ3n) is 2.27. The van der Waals surface area contributed by atoms with E-state index in [0.29, 0.717) is 25.7 Å². The zero-order valence-electron chi connectivity index (χ0n) is 15.3. The van der Waals surface area contributed by atoms with Crippen molar-refractivity contribution in [2.24, 2.45) is 17.2 Å². The Balaban J connectivity index is -0.000000337. The lowest BCUT2D eigenvalue weighted by molar-refractivity contribution is -0.139. The van der Waals surface area contributed by atoms with Crippen LogP contribution in [-0.2, 0) is 9.59 Å². The molecule has 0 aromatic carbocycles. The van der Waals surface area contributed by atoms with Gasteiger partial charge in [0.2, 0.25) is 0 Å². The molecule has 0 aliphatic rings. The molecule has 0 radical (unpaired) electrons. The van der Waals surface area contributed by atoms with Crippen LogP contribution >= 0.6 is 0 Å². The lowest BCUT2D eigenvalue weighted by Gasteiger charge is -2.03. The summed E-state index contributed by atoms with van der Waals surface area (Å²) in [5.41, 5.74) is 15.4. The highest BCUT2D eigenvalue weighted by Crippen LogP contribution is 1.97.